The van der Waals surface area contributed by atoms with Gasteiger partial charge in [0, 0.05) is 18.0 Å². The molecule has 6 heteroatoms. The lowest BCUT2D eigenvalue weighted by Crippen LogP contribution is -2.31. The Balaban J connectivity index is 1.69. The Morgan fingerprint density at radius 3 is 3.04 bits per heavy atom. The van der Waals surface area contributed by atoms with Crippen molar-refractivity contribution in [1.82, 2.24) is 9.99 Å². The van der Waals surface area contributed by atoms with Crippen molar-refractivity contribution in [3.8, 4) is 11.5 Å². The number of amides is 1. The number of hydrogen-bond donors (Lipinski definition) is 0. The van der Waals surface area contributed by atoms with E-state index >= 15 is 0 Å². The van der Waals surface area contributed by atoms with E-state index in [9.17, 15) is 4.79 Å². The lowest BCUT2D eigenvalue weighted by Gasteiger charge is -2.23. The number of carbonyl (C=O) groups is 1. The monoisotopic (exact) mass is 309 g/mol. The topological polar surface area (TPSA) is 64.0 Å². The van der Waals surface area contributed by atoms with E-state index in [0.29, 0.717) is 30.2 Å². The van der Waals surface area contributed by atoms with Crippen LogP contribution in [0.25, 0.3) is 0 Å². The summed E-state index contributed by atoms with van der Waals surface area (Å²) in [7, 11) is 1.61. The van der Waals surface area contributed by atoms with Crippen LogP contribution in [0, 0.1) is 5.92 Å². The van der Waals surface area contributed by atoms with Crippen LogP contribution in [0.4, 0.5) is 0 Å². The maximum atomic E-state index is 12.5. The Kier molecular flexibility index (Phi) is 3.22. The highest BCUT2D eigenvalue weighted by atomic mass is 16.5. The zero-order valence-corrected chi connectivity index (χ0v) is 12.6. The van der Waals surface area contributed by atoms with Crippen molar-refractivity contribution in [2.75, 3.05) is 20.3 Å². The minimum absolute atomic E-state index is 0.0789. The molecule has 0 radical (unpaired) electrons. The minimum Gasteiger partial charge on any atom is -0.493 e. The van der Waals surface area contributed by atoms with Gasteiger partial charge >= 0.3 is 0 Å². The van der Waals surface area contributed by atoms with E-state index in [1.54, 1.807) is 31.6 Å². The molecule has 0 spiro atoms. The average molecular weight is 309 g/mol. The first-order valence-corrected chi connectivity index (χ1v) is 7.38. The number of carbonyl (C=O) groups excluding carboxylic acids is 1. The van der Waals surface area contributed by atoms with E-state index in [-0.39, 0.29) is 11.8 Å². The van der Waals surface area contributed by atoms with E-state index in [1.807, 2.05) is 18.2 Å². The third-order valence-corrected chi connectivity index (χ3v) is 4.06. The molecule has 1 amide bonds. The molecule has 0 bridgehead atoms. The molecule has 0 saturated carbocycles. The summed E-state index contributed by atoms with van der Waals surface area (Å²) in [5.74, 6) is 1.31. The van der Waals surface area contributed by atoms with Crippen LogP contribution in [0.5, 0.6) is 11.5 Å². The van der Waals surface area contributed by atoms with E-state index in [1.165, 1.54) is 5.01 Å². The highest BCUT2D eigenvalue weighted by Crippen LogP contribution is 2.38. The first-order valence-electron chi connectivity index (χ1n) is 7.38. The third kappa shape index (κ3) is 2.23. The summed E-state index contributed by atoms with van der Waals surface area (Å²) in [6.45, 7) is 1.00. The second kappa shape index (κ2) is 5.39. The van der Waals surface area contributed by atoms with Gasteiger partial charge in [0.25, 0.3) is 5.91 Å². The predicted molar refractivity (Wildman–Crippen MR) is 83.8 cm³/mol. The van der Waals surface area contributed by atoms with Crippen LogP contribution in [-0.4, -0.2) is 41.9 Å². The van der Waals surface area contributed by atoms with Gasteiger partial charge in [0.15, 0.2) is 11.5 Å². The third-order valence-electron chi connectivity index (χ3n) is 4.06. The second-order valence-electron chi connectivity index (χ2n) is 5.46. The quantitative estimate of drug-likeness (QED) is 0.850. The van der Waals surface area contributed by atoms with E-state index < -0.39 is 0 Å². The minimum atomic E-state index is -0.149. The van der Waals surface area contributed by atoms with E-state index in [2.05, 4.69) is 10.1 Å². The van der Waals surface area contributed by atoms with Crippen LogP contribution in [-0.2, 0) is 0 Å². The maximum absolute atomic E-state index is 12.5. The molecule has 2 aromatic rings. The lowest BCUT2D eigenvalue weighted by atomic mass is 9.95. The highest BCUT2D eigenvalue weighted by Gasteiger charge is 2.37. The summed E-state index contributed by atoms with van der Waals surface area (Å²) in [6, 6.07) is 9.18. The Morgan fingerprint density at radius 1 is 1.35 bits per heavy atom. The molecule has 0 saturated heterocycles. The lowest BCUT2D eigenvalue weighted by molar-refractivity contribution is 0.0760. The zero-order chi connectivity index (χ0) is 15.8. The van der Waals surface area contributed by atoms with Gasteiger partial charge in [-0.1, -0.05) is 6.07 Å². The van der Waals surface area contributed by atoms with Crippen LogP contribution in [0.15, 0.2) is 47.8 Å². The summed E-state index contributed by atoms with van der Waals surface area (Å²) in [5, 5.41) is 6.04. The van der Waals surface area contributed by atoms with Gasteiger partial charge in [0.1, 0.15) is 0 Å². The van der Waals surface area contributed by atoms with Crippen molar-refractivity contribution in [1.29, 1.82) is 0 Å². The molecule has 23 heavy (non-hydrogen) atoms. The number of rotatable bonds is 2. The number of aromatic nitrogens is 1. The van der Waals surface area contributed by atoms with Gasteiger partial charge in [-0.05, 0) is 24.3 Å². The van der Waals surface area contributed by atoms with Gasteiger partial charge in [-0.3, -0.25) is 9.78 Å². The average Bonchev–Trinajstić information content (AvgIpc) is 3.06. The number of pyridine rings is 1. The largest absolute Gasteiger partial charge is 0.493 e. The van der Waals surface area contributed by atoms with Crippen molar-refractivity contribution in [2.24, 2.45) is 11.0 Å². The smallest absolute Gasteiger partial charge is 0.275 e. The Hall–Kier alpha value is -2.89. The molecule has 0 fully saturated rings. The molecule has 6 nitrogen and oxygen atoms in total. The molecule has 1 unspecified atom stereocenters. The van der Waals surface area contributed by atoms with Crippen molar-refractivity contribution in [3.63, 3.8) is 0 Å². The van der Waals surface area contributed by atoms with Crippen LogP contribution in [0.3, 0.4) is 0 Å². The molecule has 4 rings (SSSR count). The fourth-order valence-corrected chi connectivity index (χ4v) is 2.93. The van der Waals surface area contributed by atoms with Crippen LogP contribution < -0.4 is 9.47 Å². The van der Waals surface area contributed by atoms with Gasteiger partial charge in [0.05, 0.1) is 37.5 Å². The van der Waals surface area contributed by atoms with Gasteiger partial charge in [-0.15, -0.1) is 0 Å². The molecule has 3 heterocycles. The number of hydrazone groups is 1. The summed E-state index contributed by atoms with van der Waals surface area (Å²) in [6.07, 6.45) is 3.20. The van der Waals surface area contributed by atoms with E-state index in [0.717, 1.165) is 11.3 Å². The standard InChI is InChI=1S/C17H15N3O3/c1-22-14-6-2-5-13-15-12(10-23-16(13)14)9-20(19-15)17(21)11-4-3-7-18-8-11/h2-8,12H,9-10H2,1H3. The van der Waals surface area contributed by atoms with Crippen molar-refractivity contribution in [3.05, 3.63) is 53.9 Å². The van der Waals surface area contributed by atoms with Crippen molar-refractivity contribution in [2.45, 2.75) is 0 Å². The fraction of sp³-hybridized carbons (Fsp3) is 0.235. The Morgan fingerprint density at radius 2 is 2.26 bits per heavy atom. The van der Waals surface area contributed by atoms with E-state index in [4.69, 9.17) is 9.47 Å². The highest BCUT2D eigenvalue weighted by molar-refractivity contribution is 6.08. The number of ether oxygens (including phenoxy) is 2. The number of benzene rings is 1. The van der Waals surface area contributed by atoms with Crippen molar-refractivity contribution >= 4 is 11.6 Å². The Bertz CT molecular complexity index is 789. The zero-order valence-electron chi connectivity index (χ0n) is 12.6. The van der Waals surface area contributed by atoms with Gasteiger partial charge in [-0.2, -0.15) is 5.10 Å². The second-order valence-corrected chi connectivity index (χ2v) is 5.46. The summed E-state index contributed by atoms with van der Waals surface area (Å²) in [4.78, 5) is 16.5. The number of methoxy groups -OCH3 is 1. The summed E-state index contributed by atoms with van der Waals surface area (Å²) < 4.78 is 11.2. The molecule has 0 N–H and O–H groups in total. The van der Waals surface area contributed by atoms with Crippen LogP contribution >= 0.6 is 0 Å². The number of fused-ring (bicyclic) bond motifs is 3. The summed E-state index contributed by atoms with van der Waals surface area (Å²) in [5.41, 5.74) is 2.30. The number of hydrogen-bond acceptors (Lipinski definition) is 5. The first kappa shape index (κ1) is 13.8. The molecule has 116 valence electrons. The van der Waals surface area contributed by atoms with Crippen LogP contribution in [0.1, 0.15) is 15.9 Å². The first-order chi connectivity index (χ1) is 11.3. The molecule has 1 atom stereocenters. The maximum Gasteiger partial charge on any atom is 0.275 e. The number of para-hydroxylation sites is 1. The molecular weight excluding hydrogens is 294 g/mol. The molecule has 2 aliphatic heterocycles. The number of nitrogens with zero attached hydrogens (tertiary/aromatic N) is 3. The SMILES string of the molecule is COc1cccc2c1OCC1CN(C(=O)c3cccnc3)N=C21. The summed E-state index contributed by atoms with van der Waals surface area (Å²) >= 11 is 0. The molecule has 1 aromatic carbocycles. The predicted octanol–water partition coefficient (Wildman–Crippen LogP) is 1.96. The normalized spacial score (nSPS) is 18.6. The van der Waals surface area contributed by atoms with Gasteiger partial charge in [-0.25, -0.2) is 5.01 Å². The fourth-order valence-electron chi connectivity index (χ4n) is 2.93. The van der Waals surface area contributed by atoms with Crippen molar-refractivity contribution < 1.29 is 14.3 Å². The molecule has 0 aliphatic carbocycles. The molecule has 1 aromatic heterocycles. The Labute approximate surface area is 133 Å². The molecular formula is C17H15N3O3. The van der Waals surface area contributed by atoms with Gasteiger partial charge in [0.2, 0.25) is 0 Å². The molecule has 2 aliphatic rings. The van der Waals surface area contributed by atoms with Gasteiger partial charge < -0.3 is 9.47 Å². The van der Waals surface area contributed by atoms with Crippen LogP contribution in [0.2, 0.25) is 0 Å².